The molecule has 3 N–H and O–H groups in total. The van der Waals surface area contributed by atoms with Gasteiger partial charge in [0.25, 0.3) is 0 Å². The van der Waals surface area contributed by atoms with Crippen LogP contribution in [0.2, 0.25) is 0 Å². The molecule has 0 radical (unpaired) electrons. The SMILES string of the molecule is CC(C)(C)[C@H](NC(=O)[C@H](CC1CCCC1)CN(O)C=O)C(=O)N1CCN(C(=O)Nc2ccc3ccccc3c2)CC1. The van der Waals surface area contributed by atoms with E-state index in [4.69, 9.17) is 0 Å². The van der Waals surface area contributed by atoms with Crippen LogP contribution < -0.4 is 10.6 Å². The molecule has 2 fully saturated rings. The first-order chi connectivity index (χ1) is 19.5. The maximum atomic E-state index is 13.7. The molecule has 0 spiro atoms. The zero-order valence-electron chi connectivity index (χ0n) is 24.3. The minimum atomic E-state index is -0.789. The van der Waals surface area contributed by atoms with E-state index in [0.29, 0.717) is 55.7 Å². The molecule has 41 heavy (non-hydrogen) atoms. The standard InChI is InChI=1S/C31H43N5O5/c1-31(2,3)27(33-28(38)25(20-36(41)21-37)18-22-8-4-5-9-22)29(39)34-14-16-35(17-15-34)30(40)32-26-13-12-23-10-6-7-11-24(23)19-26/h6-7,10-13,19,21-22,25,27,41H,4-5,8-9,14-18,20H2,1-3H3,(H,32,40)(H,33,38)/t25-,27-/m1/s1. The second kappa shape index (κ2) is 13.3. The van der Waals surface area contributed by atoms with Gasteiger partial charge in [-0.3, -0.25) is 19.6 Å². The van der Waals surface area contributed by atoms with Crippen LogP contribution in [-0.4, -0.2) is 83.1 Å². The minimum absolute atomic E-state index is 0.109. The molecule has 4 rings (SSSR count). The topological polar surface area (TPSA) is 122 Å². The summed E-state index contributed by atoms with van der Waals surface area (Å²) in [5.41, 5.74) is 0.143. The number of amides is 5. The summed E-state index contributed by atoms with van der Waals surface area (Å²) in [4.78, 5) is 54.5. The average Bonchev–Trinajstić information content (AvgIpc) is 3.47. The zero-order valence-corrected chi connectivity index (χ0v) is 24.3. The Morgan fingerprint density at radius 3 is 2.27 bits per heavy atom. The molecule has 5 amide bonds. The van der Waals surface area contributed by atoms with Crippen LogP contribution in [0, 0.1) is 17.3 Å². The van der Waals surface area contributed by atoms with Crippen LogP contribution in [0.3, 0.4) is 0 Å². The fourth-order valence-corrected chi connectivity index (χ4v) is 5.87. The smallest absolute Gasteiger partial charge is 0.321 e. The van der Waals surface area contributed by atoms with E-state index in [-0.39, 0.29) is 24.4 Å². The number of hydrogen-bond donors (Lipinski definition) is 3. The number of carbonyl (C=O) groups excluding carboxylic acids is 4. The molecular formula is C31H43N5O5. The lowest BCUT2D eigenvalue weighted by Crippen LogP contribution is -2.60. The molecule has 10 nitrogen and oxygen atoms in total. The summed E-state index contributed by atoms with van der Waals surface area (Å²) in [6, 6.07) is 12.7. The Hall–Kier alpha value is -3.66. The fraction of sp³-hybridized carbons (Fsp3) is 0.548. The number of fused-ring (bicyclic) bond motifs is 1. The number of urea groups is 1. The van der Waals surface area contributed by atoms with Crippen molar-refractivity contribution in [2.45, 2.75) is 58.9 Å². The minimum Gasteiger partial charge on any atom is -0.344 e. The van der Waals surface area contributed by atoms with E-state index in [2.05, 4.69) is 10.6 Å². The molecular weight excluding hydrogens is 522 g/mol. The maximum Gasteiger partial charge on any atom is 0.321 e. The van der Waals surface area contributed by atoms with Crippen LogP contribution in [0.15, 0.2) is 42.5 Å². The van der Waals surface area contributed by atoms with E-state index >= 15 is 0 Å². The third-order valence-electron chi connectivity index (χ3n) is 8.27. The molecule has 222 valence electrons. The summed E-state index contributed by atoms with van der Waals surface area (Å²) >= 11 is 0. The highest BCUT2D eigenvalue weighted by molar-refractivity contribution is 5.94. The van der Waals surface area contributed by atoms with Crippen molar-refractivity contribution in [3.8, 4) is 0 Å². The zero-order chi connectivity index (χ0) is 29.6. The van der Waals surface area contributed by atoms with Crippen LogP contribution in [0.4, 0.5) is 10.5 Å². The van der Waals surface area contributed by atoms with Crippen molar-refractivity contribution in [2.24, 2.45) is 17.3 Å². The van der Waals surface area contributed by atoms with Gasteiger partial charge in [-0.05, 0) is 40.7 Å². The van der Waals surface area contributed by atoms with Gasteiger partial charge in [-0.2, -0.15) is 0 Å². The first kappa shape index (κ1) is 30.3. The van der Waals surface area contributed by atoms with Gasteiger partial charge in [0.15, 0.2) is 0 Å². The predicted octanol–water partition coefficient (Wildman–Crippen LogP) is 4.09. The van der Waals surface area contributed by atoms with Crippen molar-refractivity contribution in [1.29, 1.82) is 0 Å². The van der Waals surface area contributed by atoms with Gasteiger partial charge in [0.2, 0.25) is 18.2 Å². The summed E-state index contributed by atoms with van der Waals surface area (Å²) in [6.45, 7) is 7.05. The molecule has 2 aromatic rings. The summed E-state index contributed by atoms with van der Waals surface area (Å²) in [6.07, 6.45) is 5.15. The number of carbonyl (C=O) groups is 4. The van der Waals surface area contributed by atoms with Crippen molar-refractivity contribution >= 4 is 40.7 Å². The Balaban J connectivity index is 1.36. The molecule has 1 saturated heterocycles. The van der Waals surface area contributed by atoms with Gasteiger partial charge in [-0.15, -0.1) is 0 Å². The number of piperazine rings is 1. The highest BCUT2D eigenvalue weighted by Crippen LogP contribution is 2.31. The van der Waals surface area contributed by atoms with Gasteiger partial charge in [0.1, 0.15) is 6.04 Å². The third kappa shape index (κ3) is 7.97. The van der Waals surface area contributed by atoms with E-state index in [0.717, 1.165) is 36.5 Å². The average molecular weight is 566 g/mol. The fourth-order valence-electron chi connectivity index (χ4n) is 5.87. The Morgan fingerprint density at radius 1 is 1.00 bits per heavy atom. The molecule has 10 heteroatoms. The van der Waals surface area contributed by atoms with Gasteiger partial charge in [0, 0.05) is 31.9 Å². The molecule has 1 aliphatic heterocycles. The third-order valence-corrected chi connectivity index (χ3v) is 8.27. The number of benzene rings is 2. The summed E-state index contributed by atoms with van der Waals surface area (Å²) in [5, 5.41) is 18.4. The van der Waals surface area contributed by atoms with Crippen molar-refractivity contribution in [3.05, 3.63) is 42.5 Å². The number of anilines is 1. The van der Waals surface area contributed by atoms with Crippen LogP contribution in [0.25, 0.3) is 10.8 Å². The van der Waals surface area contributed by atoms with E-state index < -0.39 is 17.4 Å². The lowest BCUT2D eigenvalue weighted by atomic mass is 9.84. The summed E-state index contributed by atoms with van der Waals surface area (Å²) in [5.74, 6) is -0.777. The summed E-state index contributed by atoms with van der Waals surface area (Å²) in [7, 11) is 0. The van der Waals surface area contributed by atoms with Gasteiger partial charge in [-0.1, -0.05) is 76.8 Å². The second-order valence-corrected chi connectivity index (χ2v) is 12.4. The molecule has 2 aliphatic rings. The van der Waals surface area contributed by atoms with Crippen molar-refractivity contribution in [1.82, 2.24) is 20.2 Å². The number of nitrogens with zero attached hydrogens (tertiary/aromatic N) is 3. The van der Waals surface area contributed by atoms with Crippen molar-refractivity contribution in [3.63, 3.8) is 0 Å². The molecule has 1 aliphatic carbocycles. The first-order valence-corrected chi connectivity index (χ1v) is 14.6. The van der Waals surface area contributed by atoms with E-state index in [1.165, 1.54) is 0 Å². The van der Waals surface area contributed by atoms with Gasteiger partial charge in [-0.25, -0.2) is 9.86 Å². The monoisotopic (exact) mass is 565 g/mol. The highest BCUT2D eigenvalue weighted by Gasteiger charge is 2.39. The van der Waals surface area contributed by atoms with Crippen LogP contribution in [-0.2, 0) is 14.4 Å². The molecule has 1 saturated carbocycles. The predicted molar refractivity (Wildman–Crippen MR) is 157 cm³/mol. The molecule has 2 aromatic carbocycles. The highest BCUT2D eigenvalue weighted by atomic mass is 16.5. The first-order valence-electron chi connectivity index (χ1n) is 14.6. The number of hydrogen-bond acceptors (Lipinski definition) is 5. The van der Waals surface area contributed by atoms with Crippen LogP contribution >= 0.6 is 0 Å². The van der Waals surface area contributed by atoms with Crippen LogP contribution in [0.1, 0.15) is 52.9 Å². The Labute approximate surface area is 242 Å². The normalized spacial score (nSPS) is 17.7. The Bertz CT molecular complexity index is 1230. The number of nitrogens with one attached hydrogen (secondary N) is 2. The maximum absolute atomic E-state index is 13.7. The molecule has 2 atom stereocenters. The van der Waals surface area contributed by atoms with Crippen LogP contribution in [0.5, 0.6) is 0 Å². The quantitative estimate of drug-likeness (QED) is 0.240. The van der Waals surface area contributed by atoms with Crippen molar-refractivity contribution in [2.75, 3.05) is 38.0 Å². The molecule has 0 unspecified atom stereocenters. The lowest BCUT2D eigenvalue weighted by Gasteiger charge is -2.40. The van der Waals surface area contributed by atoms with E-state index in [9.17, 15) is 24.4 Å². The second-order valence-electron chi connectivity index (χ2n) is 12.4. The summed E-state index contributed by atoms with van der Waals surface area (Å²) < 4.78 is 0. The van der Waals surface area contributed by atoms with E-state index in [1.54, 1.807) is 9.80 Å². The molecule has 0 bridgehead atoms. The number of hydroxylamine groups is 2. The largest absolute Gasteiger partial charge is 0.344 e. The lowest BCUT2D eigenvalue weighted by molar-refractivity contribution is -0.156. The molecule has 1 heterocycles. The van der Waals surface area contributed by atoms with Crippen molar-refractivity contribution < 1.29 is 24.4 Å². The van der Waals surface area contributed by atoms with Gasteiger partial charge < -0.3 is 20.4 Å². The molecule has 0 aromatic heterocycles. The Morgan fingerprint density at radius 2 is 1.63 bits per heavy atom. The van der Waals surface area contributed by atoms with Gasteiger partial charge >= 0.3 is 6.03 Å². The Kier molecular flexibility index (Phi) is 9.86. The van der Waals surface area contributed by atoms with Gasteiger partial charge in [0.05, 0.1) is 12.5 Å². The van der Waals surface area contributed by atoms with E-state index in [1.807, 2.05) is 63.2 Å². The number of rotatable bonds is 9.